The lowest BCUT2D eigenvalue weighted by molar-refractivity contribution is -0.155. The third-order valence-electron chi connectivity index (χ3n) is 5.24. The van der Waals surface area contributed by atoms with Crippen molar-refractivity contribution in [2.75, 3.05) is 14.2 Å². The number of ketones is 1. The van der Waals surface area contributed by atoms with Crippen molar-refractivity contribution in [1.82, 2.24) is 0 Å². The van der Waals surface area contributed by atoms with Crippen molar-refractivity contribution in [3.63, 3.8) is 0 Å². The van der Waals surface area contributed by atoms with Crippen molar-refractivity contribution in [3.05, 3.63) is 34.4 Å². The number of carbonyl (C=O) groups is 2. The molecule has 132 valence electrons. The number of benzene rings is 1. The second kappa shape index (κ2) is 7.03. The Morgan fingerprint density at radius 1 is 1.08 bits per heavy atom. The first-order valence-electron chi connectivity index (χ1n) is 8.14. The van der Waals surface area contributed by atoms with Crippen LogP contribution in [0.4, 0.5) is 0 Å². The van der Waals surface area contributed by atoms with Crippen molar-refractivity contribution < 1.29 is 24.2 Å². The van der Waals surface area contributed by atoms with Crippen LogP contribution in [0.1, 0.15) is 35.1 Å². The molecule has 2 rings (SSSR count). The number of methoxy groups -OCH3 is 2. The molecule has 0 aromatic heterocycles. The summed E-state index contributed by atoms with van der Waals surface area (Å²) in [5.74, 6) is -1.36. The van der Waals surface area contributed by atoms with Crippen LogP contribution in [0.15, 0.2) is 12.1 Å². The van der Waals surface area contributed by atoms with E-state index in [1.807, 2.05) is 32.9 Å². The molecule has 1 fully saturated rings. The van der Waals surface area contributed by atoms with Crippen LogP contribution in [0.25, 0.3) is 0 Å². The summed E-state index contributed by atoms with van der Waals surface area (Å²) in [5.41, 5.74) is 2.65. The molecule has 0 amide bonds. The van der Waals surface area contributed by atoms with Gasteiger partial charge in [-0.2, -0.15) is 0 Å². The number of hydrogen-bond acceptors (Lipinski definition) is 4. The number of Topliss-reactive ketones (excluding diaryl/α,β-unsaturated/α-hetero) is 1. The second-order valence-electron chi connectivity index (χ2n) is 6.82. The molecule has 5 heteroatoms. The highest BCUT2D eigenvalue weighted by Crippen LogP contribution is 2.43. The van der Waals surface area contributed by atoms with Crippen LogP contribution in [-0.2, 0) is 25.5 Å². The quantitative estimate of drug-likeness (QED) is 0.810. The average molecular weight is 334 g/mol. The molecular weight excluding hydrogens is 308 g/mol. The summed E-state index contributed by atoms with van der Waals surface area (Å²) < 4.78 is 10.7. The van der Waals surface area contributed by atoms with Crippen molar-refractivity contribution >= 4 is 11.8 Å². The van der Waals surface area contributed by atoms with Gasteiger partial charge in [0.15, 0.2) is 5.78 Å². The molecule has 0 heterocycles. The standard InChI is InChI=1S/C19H26O5/c1-11-6-12(2)14(13(3)7-11)8-17(20)19(18(21)22)9-15(23-4)16(10-19)24-5/h6-7,15-16H,8-10H2,1-5H3,(H,21,22). The topological polar surface area (TPSA) is 72.8 Å². The largest absolute Gasteiger partial charge is 0.480 e. The molecule has 0 spiro atoms. The summed E-state index contributed by atoms with van der Waals surface area (Å²) in [6.45, 7) is 5.93. The smallest absolute Gasteiger partial charge is 0.317 e. The molecule has 0 radical (unpaired) electrons. The van der Waals surface area contributed by atoms with Gasteiger partial charge in [0.05, 0.1) is 12.2 Å². The number of ether oxygens (including phenoxy) is 2. The number of aryl methyl sites for hydroxylation is 3. The van der Waals surface area contributed by atoms with E-state index in [-0.39, 0.29) is 37.3 Å². The summed E-state index contributed by atoms with van der Waals surface area (Å²) in [5, 5.41) is 9.79. The molecule has 2 atom stereocenters. The number of carboxylic acids is 1. The van der Waals surface area contributed by atoms with Gasteiger partial charge in [0, 0.05) is 20.6 Å². The van der Waals surface area contributed by atoms with Gasteiger partial charge in [-0.15, -0.1) is 0 Å². The van der Waals surface area contributed by atoms with E-state index in [1.165, 1.54) is 14.2 Å². The Kier molecular flexibility index (Phi) is 5.45. The summed E-state index contributed by atoms with van der Waals surface area (Å²) in [6, 6.07) is 4.04. The molecule has 0 bridgehead atoms. The molecule has 1 aromatic rings. The maximum Gasteiger partial charge on any atom is 0.317 e. The lowest BCUT2D eigenvalue weighted by atomic mass is 9.78. The summed E-state index contributed by atoms with van der Waals surface area (Å²) in [6.07, 6.45) is -0.331. The van der Waals surface area contributed by atoms with E-state index >= 15 is 0 Å². The first-order chi connectivity index (χ1) is 11.2. The molecule has 1 aliphatic carbocycles. The highest BCUT2D eigenvalue weighted by atomic mass is 16.5. The zero-order valence-corrected chi connectivity index (χ0v) is 15.0. The molecule has 0 saturated heterocycles. The van der Waals surface area contributed by atoms with E-state index in [1.54, 1.807) is 0 Å². The van der Waals surface area contributed by atoms with Crippen molar-refractivity contribution in [2.24, 2.45) is 5.41 Å². The normalized spacial score (nSPS) is 26.5. The fraction of sp³-hybridized carbons (Fsp3) is 0.579. The Morgan fingerprint density at radius 3 is 1.92 bits per heavy atom. The lowest BCUT2D eigenvalue weighted by Gasteiger charge is -2.23. The molecular formula is C19H26O5. The summed E-state index contributed by atoms with van der Waals surface area (Å²) in [4.78, 5) is 25.0. The highest BCUT2D eigenvalue weighted by Gasteiger charge is 2.55. The predicted molar refractivity (Wildman–Crippen MR) is 90.3 cm³/mol. The molecule has 1 aliphatic rings. The third kappa shape index (κ3) is 3.23. The Bertz CT molecular complexity index is 614. The fourth-order valence-corrected chi connectivity index (χ4v) is 3.84. The van der Waals surface area contributed by atoms with Crippen LogP contribution in [0.5, 0.6) is 0 Å². The highest BCUT2D eigenvalue weighted by molar-refractivity contribution is 6.04. The minimum Gasteiger partial charge on any atom is -0.480 e. The third-order valence-corrected chi connectivity index (χ3v) is 5.24. The number of hydrogen-bond donors (Lipinski definition) is 1. The van der Waals surface area contributed by atoms with Crippen molar-refractivity contribution in [3.8, 4) is 0 Å². The molecule has 0 aliphatic heterocycles. The van der Waals surface area contributed by atoms with Gasteiger partial charge in [0.2, 0.25) is 0 Å². The zero-order valence-electron chi connectivity index (χ0n) is 15.0. The maximum atomic E-state index is 13.0. The van der Waals surface area contributed by atoms with Crippen LogP contribution in [0.3, 0.4) is 0 Å². The molecule has 24 heavy (non-hydrogen) atoms. The number of aliphatic carboxylic acids is 1. The Hall–Kier alpha value is -1.72. The van der Waals surface area contributed by atoms with Crippen LogP contribution >= 0.6 is 0 Å². The monoisotopic (exact) mass is 334 g/mol. The Labute approximate surface area is 143 Å². The predicted octanol–water partition coefficient (Wildman–Crippen LogP) is 2.62. The first kappa shape index (κ1) is 18.6. The molecule has 1 N–H and O–H groups in total. The van der Waals surface area contributed by atoms with Gasteiger partial charge in [-0.05, 0) is 50.3 Å². The van der Waals surface area contributed by atoms with Gasteiger partial charge in [-0.25, -0.2) is 0 Å². The van der Waals surface area contributed by atoms with Crippen LogP contribution < -0.4 is 0 Å². The SMILES string of the molecule is COC1CC(C(=O)O)(C(=O)Cc2c(C)cc(C)cc2C)CC1OC. The Balaban J connectivity index is 2.34. The van der Waals surface area contributed by atoms with Crippen LogP contribution in [0.2, 0.25) is 0 Å². The van der Waals surface area contributed by atoms with Gasteiger partial charge in [0.1, 0.15) is 5.41 Å². The molecule has 5 nitrogen and oxygen atoms in total. The van der Waals surface area contributed by atoms with E-state index in [9.17, 15) is 14.7 Å². The maximum absolute atomic E-state index is 13.0. The molecule has 1 saturated carbocycles. The van der Waals surface area contributed by atoms with Crippen LogP contribution in [-0.4, -0.2) is 43.3 Å². The number of rotatable bonds is 6. The van der Waals surface area contributed by atoms with Gasteiger partial charge < -0.3 is 14.6 Å². The zero-order chi connectivity index (χ0) is 18.1. The van der Waals surface area contributed by atoms with E-state index in [0.717, 1.165) is 22.3 Å². The Morgan fingerprint density at radius 2 is 1.54 bits per heavy atom. The van der Waals surface area contributed by atoms with Crippen molar-refractivity contribution in [1.29, 1.82) is 0 Å². The van der Waals surface area contributed by atoms with E-state index in [0.29, 0.717) is 0 Å². The van der Waals surface area contributed by atoms with Gasteiger partial charge in [-0.1, -0.05) is 17.7 Å². The first-order valence-corrected chi connectivity index (χ1v) is 8.14. The lowest BCUT2D eigenvalue weighted by Crippen LogP contribution is -2.39. The van der Waals surface area contributed by atoms with E-state index in [2.05, 4.69) is 0 Å². The number of carbonyl (C=O) groups excluding carboxylic acids is 1. The molecule has 2 unspecified atom stereocenters. The second-order valence-corrected chi connectivity index (χ2v) is 6.82. The average Bonchev–Trinajstić information content (AvgIpc) is 2.91. The van der Waals surface area contributed by atoms with Crippen LogP contribution in [0, 0.1) is 26.2 Å². The van der Waals surface area contributed by atoms with Crippen molar-refractivity contribution in [2.45, 2.75) is 52.2 Å². The van der Waals surface area contributed by atoms with E-state index < -0.39 is 11.4 Å². The minimum atomic E-state index is -1.44. The minimum absolute atomic E-state index is 0.122. The summed E-state index contributed by atoms with van der Waals surface area (Å²) >= 11 is 0. The van der Waals surface area contributed by atoms with Gasteiger partial charge in [-0.3, -0.25) is 9.59 Å². The fourth-order valence-electron chi connectivity index (χ4n) is 3.84. The number of carboxylic acid groups (broad SMARTS) is 1. The summed E-state index contributed by atoms with van der Waals surface area (Å²) in [7, 11) is 3.04. The van der Waals surface area contributed by atoms with Gasteiger partial charge >= 0.3 is 5.97 Å². The van der Waals surface area contributed by atoms with E-state index in [4.69, 9.17) is 9.47 Å². The molecule has 1 aromatic carbocycles. The van der Waals surface area contributed by atoms with Gasteiger partial charge in [0.25, 0.3) is 0 Å².